The van der Waals surface area contributed by atoms with Crippen LogP contribution in [0.15, 0.2) is 237 Å². The fourth-order valence-corrected chi connectivity index (χ4v) is 7.39. The molecule has 2 aliphatic carbocycles. The van der Waals surface area contributed by atoms with Crippen molar-refractivity contribution < 1.29 is 0 Å². The van der Waals surface area contributed by atoms with Crippen molar-refractivity contribution in [2.45, 2.75) is 6.42 Å². The minimum absolute atomic E-state index is 0.337. The smallest absolute Gasteiger partial charge is 0.0903 e. The Morgan fingerprint density at radius 2 is 1.21 bits per heavy atom. The van der Waals surface area contributed by atoms with Crippen LogP contribution in [0.5, 0.6) is 0 Å². The molecule has 0 saturated carbocycles. The Hall–Kier alpha value is -7.56. The summed E-state index contributed by atoms with van der Waals surface area (Å²) in [6, 6.07) is 56.0. The zero-order valence-corrected chi connectivity index (χ0v) is 32.4. The third-order valence-corrected chi connectivity index (χ3v) is 10.5. The van der Waals surface area contributed by atoms with Crippen molar-refractivity contribution in [1.82, 2.24) is 0 Å². The molecule has 1 atom stereocenters. The summed E-state index contributed by atoms with van der Waals surface area (Å²) < 4.78 is 0. The van der Waals surface area contributed by atoms with Crippen LogP contribution in [-0.4, -0.2) is 6.54 Å². The summed E-state index contributed by atoms with van der Waals surface area (Å²) >= 11 is 0. The molecule has 2 heteroatoms. The van der Waals surface area contributed by atoms with Crippen molar-refractivity contribution in [1.29, 1.82) is 0 Å². The predicted molar refractivity (Wildman–Crippen MR) is 246 cm³/mol. The van der Waals surface area contributed by atoms with Gasteiger partial charge in [0.1, 0.15) is 0 Å². The lowest BCUT2D eigenvalue weighted by Gasteiger charge is -2.30. The molecule has 0 bridgehead atoms. The van der Waals surface area contributed by atoms with Gasteiger partial charge in [0.15, 0.2) is 0 Å². The third-order valence-electron chi connectivity index (χ3n) is 10.5. The number of hydrogen-bond donors (Lipinski definition) is 0. The molecule has 0 aromatic heterocycles. The molecule has 1 radical (unpaired) electrons. The van der Waals surface area contributed by atoms with Gasteiger partial charge in [-0.05, 0) is 111 Å². The molecule has 6 aromatic rings. The molecule has 58 heavy (non-hydrogen) atoms. The van der Waals surface area contributed by atoms with Crippen LogP contribution in [0.1, 0.15) is 12.0 Å². The Morgan fingerprint density at radius 3 is 1.79 bits per heavy atom. The van der Waals surface area contributed by atoms with Gasteiger partial charge in [0, 0.05) is 41.1 Å². The van der Waals surface area contributed by atoms with Gasteiger partial charge in [-0.15, -0.1) is 5.73 Å². The van der Waals surface area contributed by atoms with Gasteiger partial charge in [-0.25, -0.2) is 0 Å². The maximum atomic E-state index is 4.13. The zero-order chi connectivity index (χ0) is 39.5. The number of benzene rings is 6. The molecular formula is C56H43N2. The molecule has 8 rings (SSSR count). The maximum Gasteiger partial charge on any atom is 0.0903 e. The van der Waals surface area contributed by atoms with Crippen molar-refractivity contribution in [3.05, 3.63) is 248 Å². The standard InChI is InChI=1S/C56H43N2/c1-3-15-53(4-2)57(54-36-32-49(33-37-54)45-18-10-6-11-19-45)42-44-24-26-47(27-25-44)48-28-30-51(31-29-48)52-22-14-23-56(40-52)58(41-43-16-8-5-9-17-43)55-38-34-50(35-39-55)46-20-12-7-13-21-46/h3-4,6-7,10-16,18-24,26-41,44H,1-2,25,42H2/b43-41+,53-15+. The highest BCUT2D eigenvalue weighted by Crippen LogP contribution is 2.34. The topological polar surface area (TPSA) is 6.48 Å². The molecule has 0 N–H and O–H groups in total. The van der Waals surface area contributed by atoms with Gasteiger partial charge in [0.05, 0.1) is 6.08 Å². The van der Waals surface area contributed by atoms with Gasteiger partial charge >= 0.3 is 0 Å². The molecule has 0 spiro atoms. The molecule has 0 fully saturated rings. The Bertz CT molecular complexity index is 2650. The molecule has 0 saturated heterocycles. The van der Waals surface area contributed by atoms with E-state index in [1.807, 2.05) is 36.4 Å². The van der Waals surface area contributed by atoms with Gasteiger partial charge in [-0.2, -0.15) is 0 Å². The van der Waals surface area contributed by atoms with Crippen LogP contribution in [-0.2, 0) is 0 Å². The summed E-state index contributed by atoms with van der Waals surface area (Å²) in [5.74, 6) is 6.42. The number of rotatable bonds is 13. The van der Waals surface area contributed by atoms with Crippen LogP contribution in [0.4, 0.5) is 17.1 Å². The summed E-state index contributed by atoms with van der Waals surface area (Å²) in [5.41, 5.74) is 17.7. The van der Waals surface area contributed by atoms with E-state index in [1.54, 1.807) is 0 Å². The van der Waals surface area contributed by atoms with E-state index in [0.29, 0.717) is 5.92 Å². The van der Waals surface area contributed by atoms with Gasteiger partial charge in [-0.1, -0.05) is 171 Å². The summed E-state index contributed by atoms with van der Waals surface area (Å²) in [7, 11) is 0. The Morgan fingerprint density at radius 1 is 0.621 bits per heavy atom. The molecular weight excluding hydrogens is 701 g/mol. The predicted octanol–water partition coefficient (Wildman–Crippen LogP) is 14.0. The second kappa shape index (κ2) is 17.9. The molecule has 2 nitrogen and oxygen atoms in total. The highest BCUT2D eigenvalue weighted by molar-refractivity contribution is 5.79. The van der Waals surface area contributed by atoms with Gasteiger partial charge in [0.2, 0.25) is 0 Å². The molecule has 1 unspecified atom stereocenters. The second-order valence-corrected chi connectivity index (χ2v) is 14.2. The first kappa shape index (κ1) is 37.4. The Labute approximate surface area is 343 Å². The van der Waals surface area contributed by atoms with Crippen molar-refractivity contribution in [3.8, 4) is 45.2 Å². The van der Waals surface area contributed by atoms with E-state index in [0.717, 1.165) is 52.4 Å². The number of hydrogen-bond acceptors (Lipinski definition) is 2. The van der Waals surface area contributed by atoms with Gasteiger partial charge < -0.3 is 9.80 Å². The average Bonchev–Trinajstić information content (AvgIpc) is 3.31. The van der Waals surface area contributed by atoms with Crippen molar-refractivity contribution in [3.63, 3.8) is 0 Å². The summed E-state index contributed by atoms with van der Waals surface area (Å²) in [6.45, 7) is 8.92. The fraction of sp³-hybridized carbons (Fsp3) is 0.0536. The van der Waals surface area contributed by atoms with Crippen LogP contribution in [0.25, 0.3) is 39.0 Å². The minimum Gasteiger partial charge on any atom is -0.341 e. The molecule has 2 aliphatic rings. The van der Waals surface area contributed by atoms with E-state index in [1.165, 1.54) is 33.4 Å². The van der Waals surface area contributed by atoms with Crippen LogP contribution < -0.4 is 9.80 Å². The number of allylic oxidation sites excluding steroid dienone is 8. The Balaban J connectivity index is 0.986. The van der Waals surface area contributed by atoms with Crippen molar-refractivity contribution in [2.75, 3.05) is 16.3 Å². The largest absolute Gasteiger partial charge is 0.341 e. The first-order valence-electron chi connectivity index (χ1n) is 19.6. The normalized spacial score (nSPS) is 15.0. The first-order valence-corrected chi connectivity index (χ1v) is 19.6. The molecule has 0 aliphatic heterocycles. The average molecular weight is 744 g/mol. The molecule has 6 aromatic carbocycles. The SMILES string of the molecule is C=C/C=C(\C=C)N(CC1C=CC(c2ccc(-c3cccc(N(/C=C4/C#C[C]=C=C4)c4ccc(-c5ccccc5)cc4)c3)cc2)=CC1)c1ccc(-c2ccccc2)cc1. The maximum absolute atomic E-state index is 4.13. The highest BCUT2D eigenvalue weighted by Gasteiger charge is 2.18. The lowest BCUT2D eigenvalue weighted by molar-refractivity contribution is 0.650. The summed E-state index contributed by atoms with van der Waals surface area (Å²) in [4.78, 5) is 4.53. The van der Waals surface area contributed by atoms with E-state index in [-0.39, 0.29) is 0 Å². The van der Waals surface area contributed by atoms with E-state index in [4.69, 9.17) is 0 Å². The molecule has 277 valence electrons. The molecule has 0 amide bonds. The van der Waals surface area contributed by atoms with Crippen molar-refractivity contribution in [2.24, 2.45) is 5.92 Å². The van der Waals surface area contributed by atoms with Crippen LogP contribution in [0, 0.1) is 23.8 Å². The molecule has 0 heterocycles. The quantitative estimate of drug-likeness (QED) is 0.0660. The summed E-state index contributed by atoms with van der Waals surface area (Å²) in [5, 5.41) is 0. The van der Waals surface area contributed by atoms with E-state index in [9.17, 15) is 0 Å². The van der Waals surface area contributed by atoms with E-state index >= 15 is 0 Å². The van der Waals surface area contributed by atoms with Crippen LogP contribution >= 0.6 is 0 Å². The van der Waals surface area contributed by atoms with Crippen molar-refractivity contribution >= 4 is 22.6 Å². The zero-order valence-electron chi connectivity index (χ0n) is 32.4. The lowest BCUT2D eigenvalue weighted by atomic mass is 9.91. The number of nitrogens with zero attached hydrogens (tertiary/aromatic N) is 2. The Kier molecular flexibility index (Phi) is 11.6. The first-order chi connectivity index (χ1) is 28.6. The second-order valence-electron chi connectivity index (χ2n) is 14.2. The monoisotopic (exact) mass is 743 g/mol. The van der Waals surface area contributed by atoms with Gasteiger partial charge in [-0.3, -0.25) is 0 Å². The van der Waals surface area contributed by atoms with Gasteiger partial charge in [0.25, 0.3) is 0 Å². The number of anilines is 3. The van der Waals surface area contributed by atoms with E-state index < -0.39 is 0 Å². The highest BCUT2D eigenvalue weighted by atomic mass is 15.1. The summed E-state index contributed by atoms with van der Waals surface area (Å²) in [6.07, 6.45) is 20.5. The lowest BCUT2D eigenvalue weighted by Crippen LogP contribution is -2.28. The van der Waals surface area contributed by atoms with E-state index in [2.05, 4.69) is 217 Å². The minimum atomic E-state index is 0.337. The fourth-order valence-electron chi connectivity index (χ4n) is 7.39. The van der Waals surface area contributed by atoms with Crippen LogP contribution in [0.3, 0.4) is 0 Å². The van der Waals surface area contributed by atoms with Crippen LogP contribution in [0.2, 0.25) is 0 Å². The third kappa shape index (κ3) is 8.78.